The predicted molar refractivity (Wildman–Crippen MR) is 123 cm³/mol. The highest BCUT2D eigenvalue weighted by Crippen LogP contribution is 2.20. The number of nitrogens with one attached hydrogen (secondary N) is 4. The maximum atomic E-state index is 12.8. The van der Waals surface area contributed by atoms with Crippen LogP contribution in [0.5, 0.6) is 0 Å². The van der Waals surface area contributed by atoms with Gasteiger partial charge in [-0.25, -0.2) is 0 Å². The molecule has 14 heteroatoms. The molecule has 6 N–H and O–H groups in total. The van der Waals surface area contributed by atoms with E-state index in [-0.39, 0.29) is 35.1 Å². The number of nitro groups is 1. The zero-order valence-electron chi connectivity index (χ0n) is 18.6. The number of nitrogens with zero attached hydrogens (tertiary/aromatic N) is 4. The number of nitrogens with two attached hydrogens (primary N) is 1. The van der Waals surface area contributed by atoms with Crippen molar-refractivity contribution in [3.8, 4) is 0 Å². The Balaban J connectivity index is 1.71. The summed E-state index contributed by atoms with van der Waals surface area (Å²) in [6, 6.07) is 4.08. The molecule has 34 heavy (non-hydrogen) atoms. The van der Waals surface area contributed by atoms with Crippen molar-refractivity contribution in [2.75, 3.05) is 17.2 Å². The number of carbonyl (C=O) groups excluding carboxylic acids is 3. The van der Waals surface area contributed by atoms with Crippen LogP contribution in [0.4, 0.5) is 17.1 Å². The first-order valence-corrected chi connectivity index (χ1v) is 9.83. The molecule has 0 radical (unpaired) electrons. The molecule has 0 aromatic carbocycles. The number of aromatic nitrogens is 3. The summed E-state index contributed by atoms with van der Waals surface area (Å²) in [5.74, 6) is -1.70. The van der Waals surface area contributed by atoms with E-state index in [1.165, 1.54) is 45.3 Å². The first kappa shape index (κ1) is 23.8. The Morgan fingerprint density at radius 1 is 0.882 bits per heavy atom. The number of hydrogen-bond donors (Lipinski definition) is 5. The van der Waals surface area contributed by atoms with Gasteiger partial charge in [0, 0.05) is 39.6 Å². The average Bonchev–Trinajstić information content (AvgIpc) is 3.42. The molecule has 178 valence electrons. The monoisotopic (exact) mass is 469 g/mol. The molecular weight excluding hydrogens is 446 g/mol. The lowest BCUT2D eigenvalue weighted by Crippen LogP contribution is -2.33. The van der Waals surface area contributed by atoms with Gasteiger partial charge in [0.25, 0.3) is 23.4 Å². The van der Waals surface area contributed by atoms with Crippen LogP contribution in [0.25, 0.3) is 0 Å². The number of carbonyl (C=O) groups is 3. The van der Waals surface area contributed by atoms with Gasteiger partial charge in [-0.05, 0) is 12.1 Å². The summed E-state index contributed by atoms with van der Waals surface area (Å²) in [4.78, 5) is 47.8. The number of amides is 3. The largest absolute Gasteiger partial charge is 0.386 e. The van der Waals surface area contributed by atoms with Crippen LogP contribution in [-0.4, -0.2) is 48.7 Å². The minimum absolute atomic E-state index is 0.0846. The number of rotatable bonds is 8. The lowest BCUT2D eigenvalue weighted by atomic mass is 10.3. The van der Waals surface area contributed by atoms with Crippen LogP contribution in [0.2, 0.25) is 0 Å². The quantitative estimate of drug-likeness (QED) is 0.140. The molecule has 0 unspecified atom stereocenters. The van der Waals surface area contributed by atoms with Crippen molar-refractivity contribution in [3.05, 3.63) is 64.0 Å². The summed E-state index contributed by atoms with van der Waals surface area (Å²) < 4.78 is 4.35. The van der Waals surface area contributed by atoms with Gasteiger partial charge >= 0.3 is 0 Å². The number of aryl methyl sites for hydroxylation is 3. The van der Waals surface area contributed by atoms with Gasteiger partial charge in [-0.15, -0.1) is 0 Å². The highest BCUT2D eigenvalue weighted by Gasteiger charge is 2.20. The molecular formula is C20H23N9O5. The lowest BCUT2D eigenvalue weighted by molar-refractivity contribution is -0.384. The van der Waals surface area contributed by atoms with Gasteiger partial charge < -0.3 is 35.4 Å². The zero-order chi connectivity index (χ0) is 25.2. The highest BCUT2D eigenvalue weighted by atomic mass is 16.6. The zero-order valence-corrected chi connectivity index (χ0v) is 18.6. The molecule has 14 nitrogen and oxygen atoms in total. The lowest BCUT2D eigenvalue weighted by Gasteiger charge is -2.04. The number of hydrogen-bond acceptors (Lipinski definition) is 6. The smallest absolute Gasteiger partial charge is 0.287 e. The topological polar surface area (TPSA) is 195 Å². The fourth-order valence-corrected chi connectivity index (χ4v) is 3.25. The van der Waals surface area contributed by atoms with Crippen LogP contribution in [0.15, 0.2) is 36.8 Å². The molecule has 0 spiro atoms. The Bertz CT molecular complexity index is 1310. The first-order valence-electron chi connectivity index (χ1n) is 9.83. The molecule has 0 aliphatic heterocycles. The maximum Gasteiger partial charge on any atom is 0.287 e. The van der Waals surface area contributed by atoms with Crippen molar-refractivity contribution in [2.45, 2.75) is 0 Å². The van der Waals surface area contributed by atoms with Crippen molar-refractivity contribution < 1.29 is 19.3 Å². The van der Waals surface area contributed by atoms with Crippen LogP contribution in [-0.2, 0) is 21.1 Å². The Morgan fingerprint density at radius 3 is 1.76 bits per heavy atom. The van der Waals surface area contributed by atoms with Gasteiger partial charge in [0.15, 0.2) is 0 Å². The van der Waals surface area contributed by atoms with Gasteiger partial charge in [-0.1, -0.05) is 0 Å². The summed E-state index contributed by atoms with van der Waals surface area (Å²) in [5, 5.41) is 25.9. The maximum absolute atomic E-state index is 12.8. The average molecular weight is 469 g/mol. The fourth-order valence-electron chi connectivity index (χ4n) is 3.25. The Kier molecular flexibility index (Phi) is 6.51. The predicted octanol–water partition coefficient (Wildman–Crippen LogP) is 0.781. The molecule has 0 atom stereocenters. The third kappa shape index (κ3) is 5.12. The van der Waals surface area contributed by atoms with E-state index in [1.807, 2.05) is 0 Å². The first-order chi connectivity index (χ1) is 16.0. The summed E-state index contributed by atoms with van der Waals surface area (Å²) in [7, 11) is 4.76. The minimum Gasteiger partial charge on any atom is -0.386 e. The van der Waals surface area contributed by atoms with E-state index in [0.29, 0.717) is 11.4 Å². The Labute approximate surface area is 193 Å². The van der Waals surface area contributed by atoms with Crippen LogP contribution in [0.3, 0.4) is 0 Å². The van der Waals surface area contributed by atoms with Crippen molar-refractivity contribution in [1.82, 2.24) is 19.0 Å². The Morgan fingerprint density at radius 2 is 1.32 bits per heavy atom. The van der Waals surface area contributed by atoms with Crippen LogP contribution in [0, 0.1) is 15.5 Å². The highest BCUT2D eigenvalue weighted by molar-refractivity contribution is 6.07. The summed E-state index contributed by atoms with van der Waals surface area (Å²) in [5.41, 5.74) is 6.28. The summed E-state index contributed by atoms with van der Waals surface area (Å²) in [6.07, 6.45) is 4.30. The molecule has 0 saturated carbocycles. The minimum atomic E-state index is -0.594. The second kappa shape index (κ2) is 9.32. The van der Waals surface area contributed by atoms with E-state index in [2.05, 4.69) is 16.0 Å². The van der Waals surface area contributed by atoms with E-state index in [9.17, 15) is 24.5 Å². The molecule has 0 aliphatic rings. The van der Waals surface area contributed by atoms with Gasteiger partial charge in [0.1, 0.15) is 22.9 Å². The van der Waals surface area contributed by atoms with E-state index in [0.717, 1.165) is 6.07 Å². The van der Waals surface area contributed by atoms with Crippen molar-refractivity contribution >= 4 is 40.6 Å². The molecule has 3 heterocycles. The van der Waals surface area contributed by atoms with Crippen LogP contribution < -0.4 is 21.7 Å². The van der Waals surface area contributed by atoms with Crippen molar-refractivity contribution in [1.29, 1.82) is 5.41 Å². The third-order valence-electron chi connectivity index (χ3n) is 4.86. The SMILES string of the molecule is Cn1cc(NC(=O)c2cc(NC(=O)c3cc([N+](=O)[O-])cn3C)cn2C)cc1C(=O)NCC(=N)N. The van der Waals surface area contributed by atoms with Gasteiger partial charge in [-0.3, -0.25) is 29.9 Å². The molecule has 3 aromatic rings. The number of anilines is 2. The second-order valence-electron chi connectivity index (χ2n) is 7.52. The van der Waals surface area contributed by atoms with Crippen LogP contribution in [0.1, 0.15) is 31.5 Å². The molecule has 3 aromatic heterocycles. The van der Waals surface area contributed by atoms with Gasteiger partial charge in [0.05, 0.1) is 29.0 Å². The number of amidine groups is 1. The van der Waals surface area contributed by atoms with E-state index < -0.39 is 22.6 Å². The van der Waals surface area contributed by atoms with E-state index in [1.54, 1.807) is 20.3 Å². The molecule has 0 saturated heterocycles. The summed E-state index contributed by atoms with van der Waals surface area (Å²) >= 11 is 0. The van der Waals surface area contributed by atoms with Gasteiger partial charge in [-0.2, -0.15) is 0 Å². The third-order valence-corrected chi connectivity index (χ3v) is 4.86. The van der Waals surface area contributed by atoms with Crippen LogP contribution >= 0.6 is 0 Å². The second-order valence-corrected chi connectivity index (χ2v) is 7.52. The van der Waals surface area contributed by atoms with Crippen molar-refractivity contribution in [3.63, 3.8) is 0 Å². The van der Waals surface area contributed by atoms with E-state index in [4.69, 9.17) is 11.1 Å². The van der Waals surface area contributed by atoms with Gasteiger partial charge in [0.2, 0.25) is 0 Å². The molecule has 0 bridgehead atoms. The Hall–Kier alpha value is -4.88. The van der Waals surface area contributed by atoms with Crippen molar-refractivity contribution in [2.24, 2.45) is 26.9 Å². The molecule has 3 amide bonds. The summed E-state index contributed by atoms with van der Waals surface area (Å²) in [6.45, 7) is -0.0976. The van der Waals surface area contributed by atoms with E-state index >= 15 is 0 Å². The normalized spacial score (nSPS) is 10.6. The fraction of sp³-hybridized carbons (Fsp3) is 0.200. The molecule has 3 rings (SSSR count). The molecule has 0 fully saturated rings. The molecule has 0 aliphatic carbocycles. The standard InChI is InChI=1S/C20H23N9O5/c1-26-8-11(4-14(26)18(30)23-7-17(21)22)24-19(31)15-5-12(9-27(15)2)25-20(32)16-6-13(29(33)34)10-28(16)3/h4-6,8-10H,7H2,1-3H3,(H3,21,22)(H,23,30)(H,24,31)(H,25,32).